The Morgan fingerprint density at radius 3 is 2.60 bits per heavy atom. The van der Waals surface area contributed by atoms with Crippen molar-refractivity contribution in [3.63, 3.8) is 0 Å². The molecule has 0 saturated heterocycles. The molecule has 0 bridgehead atoms. The number of hydrogen-bond donors (Lipinski definition) is 1. The Balaban J connectivity index is 0.00000115. The molecule has 0 aliphatic heterocycles. The van der Waals surface area contributed by atoms with Crippen molar-refractivity contribution in [2.24, 2.45) is 11.8 Å². The maximum absolute atomic E-state index is 12.2. The molecule has 2 unspecified atom stereocenters. The molecule has 0 amide bonds. The number of benzene rings is 1. The second-order valence-corrected chi connectivity index (χ2v) is 5.09. The van der Waals surface area contributed by atoms with Crippen LogP contribution < -0.4 is 51.4 Å². The molecule has 0 spiro atoms. The molecule has 1 aromatic carbocycles. The summed E-state index contributed by atoms with van der Waals surface area (Å²) in [6.07, 6.45) is 4.72. The van der Waals surface area contributed by atoms with Crippen molar-refractivity contribution in [1.29, 1.82) is 0 Å². The Bertz CT molecular complexity index is 411. The summed E-state index contributed by atoms with van der Waals surface area (Å²) in [6.45, 7) is 3.14. The average molecular weight is 318 g/mol. The van der Waals surface area contributed by atoms with E-state index in [1.807, 2.05) is 25.2 Å². The Hall–Kier alpha value is 0.836. The second kappa shape index (κ2) is 11.4. The van der Waals surface area contributed by atoms with Crippen LogP contribution in [0.1, 0.15) is 35.7 Å². The van der Waals surface area contributed by atoms with Gasteiger partial charge >= 0.3 is 51.4 Å². The predicted molar refractivity (Wildman–Crippen MR) is 85.4 cm³/mol. The van der Waals surface area contributed by atoms with Gasteiger partial charge in [0.15, 0.2) is 5.78 Å². The van der Waals surface area contributed by atoms with Crippen LogP contribution >= 0.6 is 12.6 Å². The first-order chi connectivity index (χ1) is 9.22. The zero-order valence-corrected chi connectivity index (χ0v) is 17.1. The molecule has 0 heterocycles. The minimum Gasteiger partial charge on any atom is -0.665 e. The summed E-state index contributed by atoms with van der Waals surface area (Å²) in [5.41, 5.74) is 2.18. The van der Waals surface area contributed by atoms with Gasteiger partial charge in [0.05, 0.1) is 0 Å². The topological polar surface area (TPSA) is 31.2 Å². The zero-order chi connectivity index (χ0) is 14.3. The van der Waals surface area contributed by atoms with Crippen LogP contribution in [0.15, 0.2) is 24.3 Å². The molecule has 2 rings (SSSR count). The van der Waals surface area contributed by atoms with Crippen LogP contribution in [0.5, 0.6) is 0 Å². The van der Waals surface area contributed by atoms with E-state index in [0.717, 1.165) is 31.4 Å². The van der Waals surface area contributed by atoms with Crippen LogP contribution in [0.4, 0.5) is 0 Å². The summed E-state index contributed by atoms with van der Waals surface area (Å²) in [5, 5.41) is 4.12. The van der Waals surface area contributed by atoms with Crippen LogP contribution in [-0.2, 0) is 6.42 Å². The zero-order valence-electron chi connectivity index (χ0n) is 13.1. The van der Waals surface area contributed by atoms with Crippen LogP contribution in [-0.4, -0.2) is 25.6 Å². The molecule has 106 valence electrons. The molecule has 0 saturated carbocycles. The summed E-state index contributed by atoms with van der Waals surface area (Å²) in [4.78, 5) is 12.2. The van der Waals surface area contributed by atoms with Gasteiger partial charge in [-0.25, -0.2) is 0 Å². The smallest absolute Gasteiger partial charge is 0.665 e. The van der Waals surface area contributed by atoms with Crippen molar-refractivity contribution in [1.82, 2.24) is 0 Å². The standard InChI is InChI=1S/C15H20NO.CH4S.K/c1-11(7-8-16-2)9-13-10-12-5-3-4-6-14(12)15(13)17;1-2;/h3-6,11,13H,7-10H2,1-2H3;2H,1H3;/q-1;;+1. The number of rotatable bonds is 5. The van der Waals surface area contributed by atoms with Crippen molar-refractivity contribution in [3.05, 3.63) is 40.7 Å². The van der Waals surface area contributed by atoms with Gasteiger partial charge in [0.2, 0.25) is 0 Å². The van der Waals surface area contributed by atoms with E-state index in [1.165, 1.54) is 5.56 Å². The number of ketones is 1. The maximum atomic E-state index is 12.2. The largest absolute Gasteiger partial charge is 1.00 e. The van der Waals surface area contributed by atoms with Gasteiger partial charge < -0.3 is 5.32 Å². The van der Waals surface area contributed by atoms with E-state index in [-0.39, 0.29) is 57.3 Å². The van der Waals surface area contributed by atoms with Gasteiger partial charge in [-0.3, -0.25) is 4.79 Å². The summed E-state index contributed by atoms with van der Waals surface area (Å²) in [5.74, 6) is 1.14. The van der Waals surface area contributed by atoms with Crippen LogP contribution in [0, 0.1) is 11.8 Å². The van der Waals surface area contributed by atoms with Crippen LogP contribution in [0.2, 0.25) is 0 Å². The molecule has 0 radical (unpaired) electrons. The fourth-order valence-corrected chi connectivity index (χ4v) is 2.66. The van der Waals surface area contributed by atoms with E-state index in [4.69, 9.17) is 0 Å². The molecule has 0 fully saturated rings. The number of Topliss-reactive ketones (excluding diaryl/α,β-unsaturated/α-hetero) is 1. The summed E-state index contributed by atoms with van der Waals surface area (Å²) in [7, 11) is 1.85. The van der Waals surface area contributed by atoms with Gasteiger partial charge in [0.25, 0.3) is 0 Å². The number of carbonyl (C=O) groups excluding carboxylic acids is 1. The molecule has 0 N–H and O–H groups in total. The number of fused-ring (bicyclic) bond motifs is 1. The van der Waals surface area contributed by atoms with E-state index in [9.17, 15) is 4.79 Å². The van der Waals surface area contributed by atoms with Crippen molar-refractivity contribution in [3.8, 4) is 0 Å². The van der Waals surface area contributed by atoms with Crippen LogP contribution in [0.25, 0.3) is 5.32 Å². The third-order valence-electron chi connectivity index (χ3n) is 3.65. The van der Waals surface area contributed by atoms with Crippen molar-refractivity contribution in [2.75, 3.05) is 19.8 Å². The minimum absolute atomic E-state index is 0. The minimum atomic E-state index is 0. The first-order valence-corrected chi connectivity index (χ1v) is 7.74. The van der Waals surface area contributed by atoms with Gasteiger partial charge in [0, 0.05) is 11.5 Å². The Labute approximate surface area is 171 Å². The molecule has 4 heteroatoms. The molecule has 2 nitrogen and oxygen atoms in total. The third-order valence-corrected chi connectivity index (χ3v) is 3.65. The molecule has 0 aromatic heterocycles. The normalized spacial score (nSPS) is 17.6. The van der Waals surface area contributed by atoms with Gasteiger partial charge in [-0.2, -0.15) is 19.7 Å². The molecular weight excluding hydrogens is 293 g/mol. The average Bonchev–Trinajstić information content (AvgIpc) is 2.76. The van der Waals surface area contributed by atoms with E-state index in [1.54, 1.807) is 6.26 Å². The number of hydrogen-bond acceptors (Lipinski definition) is 2. The molecule has 1 aliphatic carbocycles. The van der Waals surface area contributed by atoms with Crippen molar-refractivity contribution >= 4 is 18.4 Å². The third kappa shape index (κ3) is 5.91. The summed E-state index contributed by atoms with van der Waals surface area (Å²) in [6, 6.07) is 8.02. The van der Waals surface area contributed by atoms with Gasteiger partial charge in [-0.15, -0.1) is 6.54 Å². The quantitative estimate of drug-likeness (QED) is 0.638. The fraction of sp³-hybridized carbons (Fsp3) is 0.562. The van der Waals surface area contributed by atoms with Gasteiger partial charge in [-0.05, 0) is 30.6 Å². The van der Waals surface area contributed by atoms with E-state index < -0.39 is 0 Å². The molecular formula is C16H24KNOS. The fourth-order valence-electron chi connectivity index (χ4n) is 2.66. The Morgan fingerprint density at radius 1 is 1.35 bits per heavy atom. The van der Waals surface area contributed by atoms with Crippen LogP contribution in [0.3, 0.4) is 0 Å². The Kier molecular flexibility index (Phi) is 11.9. The SMILES string of the molecule is CS.C[N-]CCC(C)CC1Cc2ccccc2C1=O.[K+]. The first kappa shape index (κ1) is 20.8. The molecule has 2 atom stereocenters. The first-order valence-electron chi connectivity index (χ1n) is 6.84. The summed E-state index contributed by atoms with van der Waals surface area (Å²) < 4.78 is 0. The van der Waals surface area contributed by atoms with E-state index >= 15 is 0 Å². The van der Waals surface area contributed by atoms with Crippen molar-refractivity contribution in [2.45, 2.75) is 26.2 Å². The number of thiol groups is 1. The molecule has 20 heavy (non-hydrogen) atoms. The van der Waals surface area contributed by atoms with E-state index in [2.05, 4.69) is 30.9 Å². The second-order valence-electron chi connectivity index (χ2n) is 5.09. The van der Waals surface area contributed by atoms with Gasteiger partial charge in [0.1, 0.15) is 0 Å². The summed E-state index contributed by atoms with van der Waals surface area (Å²) >= 11 is 3.53. The Morgan fingerprint density at radius 2 is 2.00 bits per heavy atom. The monoisotopic (exact) mass is 317 g/mol. The number of carbonyl (C=O) groups is 1. The van der Waals surface area contributed by atoms with E-state index in [0.29, 0.717) is 11.7 Å². The molecule has 1 aliphatic rings. The number of nitrogens with zero attached hydrogens (tertiary/aromatic N) is 1. The van der Waals surface area contributed by atoms with Crippen molar-refractivity contribution < 1.29 is 56.2 Å². The maximum Gasteiger partial charge on any atom is 1.00 e. The molecule has 1 aromatic rings. The predicted octanol–water partition coefficient (Wildman–Crippen LogP) is 1.01. The van der Waals surface area contributed by atoms with Gasteiger partial charge in [-0.1, -0.05) is 37.6 Å².